The maximum absolute atomic E-state index is 6.13. The smallest absolute Gasteiger partial charge is 0.193 e. The molecule has 4 nitrogen and oxygen atoms in total. The molecule has 22 heavy (non-hydrogen) atoms. The predicted octanol–water partition coefficient (Wildman–Crippen LogP) is 2.88. The Balaban J connectivity index is 1.99. The van der Waals surface area contributed by atoms with E-state index in [1.807, 2.05) is 0 Å². The molecule has 1 fully saturated rings. The molecular weight excluding hydrogens is 272 g/mol. The van der Waals surface area contributed by atoms with Crippen molar-refractivity contribution in [2.45, 2.75) is 39.5 Å². The molecule has 1 aromatic carbocycles. The van der Waals surface area contributed by atoms with Crippen LogP contribution in [0.3, 0.4) is 0 Å². The average molecular weight is 302 g/mol. The molecule has 122 valence electrons. The maximum atomic E-state index is 6.13. The molecule has 2 rings (SSSR count). The summed E-state index contributed by atoms with van der Waals surface area (Å²) in [5, 5.41) is 3.35. The van der Waals surface area contributed by atoms with Crippen LogP contribution in [0.2, 0.25) is 0 Å². The van der Waals surface area contributed by atoms with Crippen LogP contribution in [-0.4, -0.2) is 37.5 Å². The van der Waals surface area contributed by atoms with Crippen LogP contribution < -0.4 is 11.1 Å². The fourth-order valence-corrected chi connectivity index (χ4v) is 3.04. The molecule has 1 aromatic rings. The lowest BCUT2D eigenvalue weighted by atomic mass is 9.97. The molecule has 0 radical (unpaired) electrons. The van der Waals surface area contributed by atoms with Gasteiger partial charge in [-0.05, 0) is 62.9 Å². The Bertz CT molecular complexity index is 480. The summed E-state index contributed by atoms with van der Waals surface area (Å²) in [6.45, 7) is 7.53. The van der Waals surface area contributed by atoms with Gasteiger partial charge in [0.05, 0.1) is 0 Å². The highest BCUT2D eigenvalue weighted by Gasteiger charge is 2.16. The summed E-state index contributed by atoms with van der Waals surface area (Å²) in [7, 11) is 2.18. The van der Waals surface area contributed by atoms with E-state index in [9.17, 15) is 0 Å². The van der Waals surface area contributed by atoms with Crippen molar-refractivity contribution >= 4 is 11.6 Å². The number of rotatable bonds is 5. The van der Waals surface area contributed by atoms with E-state index >= 15 is 0 Å². The number of aryl methyl sites for hydroxylation is 2. The van der Waals surface area contributed by atoms with Gasteiger partial charge in [0.1, 0.15) is 0 Å². The van der Waals surface area contributed by atoms with Gasteiger partial charge in [-0.25, -0.2) is 0 Å². The van der Waals surface area contributed by atoms with Gasteiger partial charge >= 0.3 is 0 Å². The summed E-state index contributed by atoms with van der Waals surface area (Å²) in [5.41, 5.74) is 9.88. The topological polar surface area (TPSA) is 53.6 Å². The van der Waals surface area contributed by atoms with Crippen LogP contribution in [0.4, 0.5) is 5.69 Å². The second kappa shape index (κ2) is 8.18. The van der Waals surface area contributed by atoms with Crippen LogP contribution in [0.25, 0.3) is 0 Å². The van der Waals surface area contributed by atoms with E-state index in [4.69, 9.17) is 5.73 Å². The van der Waals surface area contributed by atoms with Crippen molar-refractivity contribution in [1.82, 2.24) is 4.90 Å². The van der Waals surface area contributed by atoms with Crippen molar-refractivity contribution in [3.05, 3.63) is 29.3 Å². The van der Waals surface area contributed by atoms with Crippen molar-refractivity contribution in [2.75, 3.05) is 32.0 Å². The van der Waals surface area contributed by atoms with E-state index in [-0.39, 0.29) is 0 Å². The SMILES string of the molecule is CCc1cccc(CC)c1NC(N)=NCC1CCN(C)CC1. The van der Waals surface area contributed by atoms with E-state index in [1.54, 1.807) is 0 Å². The zero-order valence-corrected chi connectivity index (χ0v) is 14.2. The largest absolute Gasteiger partial charge is 0.370 e. The average Bonchev–Trinajstić information content (AvgIpc) is 2.54. The monoisotopic (exact) mass is 302 g/mol. The zero-order valence-electron chi connectivity index (χ0n) is 14.2. The first-order chi connectivity index (χ1) is 10.6. The first-order valence-corrected chi connectivity index (χ1v) is 8.50. The predicted molar refractivity (Wildman–Crippen MR) is 95.5 cm³/mol. The number of para-hydroxylation sites is 1. The normalized spacial score (nSPS) is 17.7. The molecule has 1 aliphatic heterocycles. The van der Waals surface area contributed by atoms with E-state index < -0.39 is 0 Å². The summed E-state index contributed by atoms with van der Waals surface area (Å²) in [4.78, 5) is 6.97. The van der Waals surface area contributed by atoms with Crippen LogP contribution in [0, 0.1) is 5.92 Å². The summed E-state index contributed by atoms with van der Waals surface area (Å²) in [5.74, 6) is 1.22. The Morgan fingerprint density at radius 3 is 2.36 bits per heavy atom. The minimum atomic E-state index is 0.550. The summed E-state index contributed by atoms with van der Waals surface area (Å²) >= 11 is 0. The van der Waals surface area contributed by atoms with Crippen molar-refractivity contribution in [3.63, 3.8) is 0 Å². The molecule has 0 aromatic heterocycles. The Kier molecular flexibility index (Phi) is 6.25. The van der Waals surface area contributed by atoms with Crippen LogP contribution in [-0.2, 0) is 12.8 Å². The van der Waals surface area contributed by atoms with E-state index in [1.165, 1.54) is 37.1 Å². The molecule has 1 saturated heterocycles. The standard InChI is InChI=1S/C18H30N4/c1-4-15-7-6-8-16(5-2)17(15)21-18(19)20-13-14-9-11-22(3)12-10-14/h6-8,14H,4-5,9-13H2,1-3H3,(H3,19,20,21). The van der Waals surface area contributed by atoms with Crippen molar-refractivity contribution < 1.29 is 0 Å². The lowest BCUT2D eigenvalue weighted by Gasteiger charge is -2.27. The molecule has 1 aliphatic rings. The van der Waals surface area contributed by atoms with Gasteiger partial charge in [0.2, 0.25) is 0 Å². The van der Waals surface area contributed by atoms with Gasteiger partial charge in [-0.1, -0.05) is 32.0 Å². The molecule has 3 N–H and O–H groups in total. The van der Waals surface area contributed by atoms with Crippen LogP contribution in [0.5, 0.6) is 0 Å². The minimum Gasteiger partial charge on any atom is -0.370 e. The number of hydrogen-bond acceptors (Lipinski definition) is 2. The number of guanidine groups is 1. The fourth-order valence-electron chi connectivity index (χ4n) is 3.04. The van der Waals surface area contributed by atoms with Gasteiger partial charge in [0, 0.05) is 12.2 Å². The number of aliphatic imine (C=N–C) groups is 1. The van der Waals surface area contributed by atoms with Crippen LogP contribution in [0.15, 0.2) is 23.2 Å². The molecule has 0 amide bonds. The van der Waals surface area contributed by atoms with Crippen molar-refractivity contribution in [3.8, 4) is 0 Å². The molecule has 1 heterocycles. The molecule has 0 unspecified atom stereocenters. The Morgan fingerprint density at radius 2 is 1.82 bits per heavy atom. The second-order valence-electron chi connectivity index (χ2n) is 6.26. The Hall–Kier alpha value is -1.55. The lowest BCUT2D eigenvalue weighted by molar-refractivity contribution is 0.224. The van der Waals surface area contributed by atoms with Crippen molar-refractivity contribution in [1.29, 1.82) is 0 Å². The highest BCUT2D eigenvalue weighted by molar-refractivity contribution is 5.93. The highest BCUT2D eigenvalue weighted by Crippen LogP contribution is 2.22. The molecule has 0 spiro atoms. The number of nitrogens with one attached hydrogen (secondary N) is 1. The maximum Gasteiger partial charge on any atom is 0.193 e. The van der Waals surface area contributed by atoms with Gasteiger partial charge in [-0.2, -0.15) is 0 Å². The molecule has 0 atom stereocenters. The summed E-state index contributed by atoms with van der Waals surface area (Å²) in [6, 6.07) is 6.44. The van der Waals surface area contributed by atoms with E-state index in [0.29, 0.717) is 11.9 Å². The number of hydrogen-bond donors (Lipinski definition) is 2. The molecule has 0 bridgehead atoms. The quantitative estimate of drug-likeness (QED) is 0.649. The third-order valence-electron chi connectivity index (χ3n) is 4.61. The zero-order chi connectivity index (χ0) is 15.9. The number of likely N-dealkylation sites (tertiary alicyclic amines) is 1. The van der Waals surface area contributed by atoms with Gasteiger partial charge in [-0.3, -0.25) is 4.99 Å². The Labute approximate surface area is 134 Å². The third-order valence-corrected chi connectivity index (χ3v) is 4.61. The number of nitrogens with two attached hydrogens (primary N) is 1. The molecular formula is C18H30N4. The van der Waals surface area contributed by atoms with Crippen LogP contribution >= 0.6 is 0 Å². The molecule has 0 saturated carbocycles. The Morgan fingerprint density at radius 1 is 1.23 bits per heavy atom. The van der Waals surface area contributed by atoms with Gasteiger partial charge in [0.15, 0.2) is 5.96 Å². The number of nitrogens with zero attached hydrogens (tertiary/aromatic N) is 2. The highest BCUT2D eigenvalue weighted by atomic mass is 15.1. The van der Waals surface area contributed by atoms with E-state index in [2.05, 4.69) is 54.3 Å². The number of piperidine rings is 1. The van der Waals surface area contributed by atoms with Crippen molar-refractivity contribution in [2.24, 2.45) is 16.6 Å². The van der Waals surface area contributed by atoms with Gasteiger partial charge < -0.3 is 16.0 Å². The second-order valence-corrected chi connectivity index (χ2v) is 6.26. The molecule has 4 heteroatoms. The lowest BCUT2D eigenvalue weighted by Crippen LogP contribution is -2.32. The van der Waals surface area contributed by atoms with E-state index in [0.717, 1.165) is 25.1 Å². The minimum absolute atomic E-state index is 0.550. The van der Waals surface area contributed by atoms with Gasteiger partial charge in [-0.15, -0.1) is 0 Å². The van der Waals surface area contributed by atoms with Crippen LogP contribution in [0.1, 0.15) is 37.8 Å². The molecule has 0 aliphatic carbocycles. The van der Waals surface area contributed by atoms with Gasteiger partial charge in [0.25, 0.3) is 0 Å². The first kappa shape index (κ1) is 16.8. The first-order valence-electron chi connectivity index (χ1n) is 8.50. The summed E-state index contributed by atoms with van der Waals surface area (Å²) in [6.07, 6.45) is 4.44. The summed E-state index contributed by atoms with van der Waals surface area (Å²) < 4.78 is 0. The number of benzene rings is 1. The third kappa shape index (κ3) is 4.47. The number of anilines is 1. The fraction of sp³-hybridized carbons (Fsp3) is 0.611.